The largest absolute Gasteiger partial charge is 0.340 e. The van der Waals surface area contributed by atoms with Gasteiger partial charge in [-0.25, -0.2) is 4.98 Å². The number of hydrogen-bond donors (Lipinski definition) is 2. The molecule has 2 aromatic rings. The Morgan fingerprint density at radius 1 is 1.08 bits per heavy atom. The zero-order valence-corrected chi connectivity index (χ0v) is 16.1. The minimum Gasteiger partial charge on any atom is -0.340 e. The van der Waals surface area contributed by atoms with Crippen LogP contribution in [0.4, 0.5) is 17.5 Å². The van der Waals surface area contributed by atoms with Gasteiger partial charge in [-0.2, -0.15) is 4.98 Å². The molecular formula is C19H25N5Si. The predicted octanol–water partition coefficient (Wildman–Crippen LogP) is 2.86. The average molecular weight is 352 g/mol. The van der Waals surface area contributed by atoms with E-state index in [0.717, 1.165) is 49.2 Å². The van der Waals surface area contributed by atoms with E-state index in [0.29, 0.717) is 0 Å². The molecule has 3 rings (SSSR count). The fourth-order valence-corrected chi connectivity index (χ4v) is 3.00. The first-order chi connectivity index (χ1) is 12.0. The lowest BCUT2D eigenvalue weighted by atomic mass is 10.2. The van der Waals surface area contributed by atoms with E-state index in [2.05, 4.69) is 56.6 Å². The van der Waals surface area contributed by atoms with E-state index in [1.54, 1.807) is 6.20 Å². The van der Waals surface area contributed by atoms with Crippen LogP contribution < -0.4 is 15.5 Å². The molecule has 1 aromatic carbocycles. The van der Waals surface area contributed by atoms with E-state index in [-0.39, 0.29) is 0 Å². The van der Waals surface area contributed by atoms with Crippen molar-refractivity contribution >= 4 is 25.5 Å². The molecule has 1 fully saturated rings. The third-order valence-electron chi connectivity index (χ3n) is 3.78. The smallest absolute Gasteiger partial charge is 0.227 e. The molecule has 6 heteroatoms. The standard InChI is InChI=1S/C19H25N5Si/c1-25(2,3)15-9-16-4-6-17(7-5-16)22-18-8-10-21-19(23-18)24-13-11-20-12-14-24/h4-8,10,20H,11-14H2,1-3H3,(H,21,22,23). The van der Waals surface area contributed by atoms with Gasteiger partial charge in [0, 0.05) is 43.6 Å². The molecule has 0 atom stereocenters. The van der Waals surface area contributed by atoms with Crippen LogP contribution in [0.15, 0.2) is 36.5 Å². The first-order valence-electron chi connectivity index (χ1n) is 8.69. The highest BCUT2D eigenvalue weighted by molar-refractivity contribution is 6.83. The summed E-state index contributed by atoms with van der Waals surface area (Å²) in [6, 6.07) is 10.1. The third-order valence-corrected chi connectivity index (χ3v) is 4.66. The molecule has 0 unspecified atom stereocenters. The van der Waals surface area contributed by atoms with Crippen LogP contribution in [0.1, 0.15) is 5.56 Å². The van der Waals surface area contributed by atoms with E-state index >= 15 is 0 Å². The summed E-state index contributed by atoms with van der Waals surface area (Å²) in [7, 11) is -1.34. The second kappa shape index (κ2) is 7.68. The normalized spacial score (nSPS) is 14.6. The molecule has 0 aliphatic carbocycles. The minimum atomic E-state index is -1.34. The van der Waals surface area contributed by atoms with Gasteiger partial charge in [0.25, 0.3) is 0 Å². The Bertz CT molecular complexity index is 765. The zero-order valence-electron chi connectivity index (χ0n) is 15.1. The summed E-state index contributed by atoms with van der Waals surface area (Å²) >= 11 is 0. The Kier molecular flexibility index (Phi) is 5.36. The highest BCUT2D eigenvalue weighted by atomic mass is 28.3. The van der Waals surface area contributed by atoms with Gasteiger partial charge < -0.3 is 15.5 Å². The predicted molar refractivity (Wildman–Crippen MR) is 107 cm³/mol. The van der Waals surface area contributed by atoms with Crippen molar-refractivity contribution in [1.29, 1.82) is 0 Å². The first-order valence-corrected chi connectivity index (χ1v) is 12.2. The van der Waals surface area contributed by atoms with E-state index in [9.17, 15) is 0 Å². The Labute approximate surface area is 150 Å². The maximum absolute atomic E-state index is 4.64. The number of aromatic nitrogens is 2. The van der Waals surface area contributed by atoms with Gasteiger partial charge in [0.2, 0.25) is 5.95 Å². The van der Waals surface area contributed by atoms with Crippen LogP contribution in [0.3, 0.4) is 0 Å². The van der Waals surface area contributed by atoms with Gasteiger partial charge >= 0.3 is 0 Å². The Balaban J connectivity index is 1.68. The van der Waals surface area contributed by atoms with Gasteiger partial charge in [0.05, 0.1) is 0 Å². The van der Waals surface area contributed by atoms with Crippen LogP contribution in [0.25, 0.3) is 0 Å². The topological polar surface area (TPSA) is 53.1 Å². The number of hydrogen-bond acceptors (Lipinski definition) is 5. The molecule has 2 N–H and O–H groups in total. The lowest BCUT2D eigenvalue weighted by Crippen LogP contribution is -2.44. The Morgan fingerprint density at radius 3 is 2.48 bits per heavy atom. The van der Waals surface area contributed by atoms with Crippen LogP contribution in [0, 0.1) is 11.5 Å². The fourth-order valence-electron chi connectivity index (χ4n) is 2.48. The maximum Gasteiger partial charge on any atom is 0.227 e. The minimum absolute atomic E-state index is 0.782. The fraction of sp³-hybridized carbons (Fsp3) is 0.368. The first kappa shape index (κ1) is 17.5. The highest BCUT2D eigenvalue weighted by Crippen LogP contribution is 2.17. The molecular weight excluding hydrogens is 326 g/mol. The van der Waals surface area contributed by atoms with E-state index in [1.165, 1.54) is 0 Å². The van der Waals surface area contributed by atoms with Crippen molar-refractivity contribution in [2.45, 2.75) is 19.6 Å². The van der Waals surface area contributed by atoms with E-state index in [4.69, 9.17) is 0 Å². The highest BCUT2D eigenvalue weighted by Gasteiger charge is 2.13. The second-order valence-corrected chi connectivity index (χ2v) is 11.9. The summed E-state index contributed by atoms with van der Waals surface area (Å²) in [5.41, 5.74) is 5.44. The van der Waals surface area contributed by atoms with Crippen molar-refractivity contribution in [1.82, 2.24) is 15.3 Å². The van der Waals surface area contributed by atoms with Crippen molar-refractivity contribution in [3.63, 3.8) is 0 Å². The number of rotatable bonds is 3. The monoisotopic (exact) mass is 351 g/mol. The Hall–Kier alpha value is -2.36. The maximum atomic E-state index is 4.64. The van der Waals surface area contributed by atoms with Crippen molar-refractivity contribution in [2.24, 2.45) is 0 Å². The summed E-state index contributed by atoms with van der Waals surface area (Å²) in [5.74, 6) is 4.86. The van der Waals surface area contributed by atoms with Crippen LogP contribution in [-0.2, 0) is 0 Å². The number of benzene rings is 1. The molecule has 1 aromatic heterocycles. The second-order valence-electron chi connectivity index (χ2n) is 7.18. The summed E-state index contributed by atoms with van der Waals surface area (Å²) in [6.45, 7) is 10.6. The van der Waals surface area contributed by atoms with E-state index < -0.39 is 8.07 Å². The molecule has 5 nitrogen and oxygen atoms in total. The van der Waals surface area contributed by atoms with Crippen molar-refractivity contribution in [3.05, 3.63) is 42.1 Å². The number of nitrogens with one attached hydrogen (secondary N) is 2. The van der Waals surface area contributed by atoms with Crippen LogP contribution in [-0.4, -0.2) is 44.2 Å². The van der Waals surface area contributed by atoms with Gasteiger partial charge in [0.1, 0.15) is 13.9 Å². The molecule has 25 heavy (non-hydrogen) atoms. The quantitative estimate of drug-likeness (QED) is 0.658. The Morgan fingerprint density at radius 2 is 1.80 bits per heavy atom. The summed E-state index contributed by atoms with van der Waals surface area (Å²) in [5, 5.41) is 6.69. The van der Waals surface area contributed by atoms with E-state index in [1.807, 2.05) is 30.3 Å². The molecule has 0 bridgehead atoms. The average Bonchev–Trinajstić information content (AvgIpc) is 2.61. The van der Waals surface area contributed by atoms with Gasteiger partial charge in [0.15, 0.2) is 0 Å². The van der Waals surface area contributed by atoms with Gasteiger partial charge in [-0.3, -0.25) is 0 Å². The molecule has 1 aliphatic heterocycles. The van der Waals surface area contributed by atoms with Crippen LogP contribution in [0.5, 0.6) is 0 Å². The number of anilines is 3. The van der Waals surface area contributed by atoms with Crippen molar-refractivity contribution < 1.29 is 0 Å². The molecule has 2 heterocycles. The number of nitrogens with zero attached hydrogens (tertiary/aromatic N) is 3. The van der Waals surface area contributed by atoms with Gasteiger partial charge in [-0.15, -0.1) is 5.54 Å². The molecule has 130 valence electrons. The molecule has 1 saturated heterocycles. The summed E-state index contributed by atoms with van der Waals surface area (Å²) in [6.07, 6.45) is 1.81. The summed E-state index contributed by atoms with van der Waals surface area (Å²) < 4.78 is 0. The number of piperazine rings is 1. The van der Waals surface area contributed by atoms with Crippen LogP contribution >= 0.6 is 0 Å². The SMILES string of the molecule is C[Si](C)(C)C#Cc1ccc(Nc2ccnc(N3CCNCC3)n2)cc1. The van der Waals surface area contributed by atoms with Crippen LogP contribution in [0.2, 0.25) is 19.6 Å². The van der Waals surface area contributed by atoms with Gasteiger partial charge in [-0.1, -0.05) is 25.6 Å². The van der Waals surface area contributed by atoms with Crippen molar-refractivity contribution in [3.8, 4) is 11.5 Å². The lowest BCUT2D eigenvalue weighted by molar-refractivity contribution is 0.580. The molecule has 0 spiro atoms. The molecule has 0 amide bonds. The van der Waals surface area contributed by atoms with Gasteiger partial charge in [-0.05, 0) is 30.3 Å². The third kappa shape index (κ3) is 5.31. The molecule has 1 aliphatic rings. The van der Waals surface area contributed by atoms with Crippen molar-refractivity contribution in [2.75, 3.05) is 36.4 Å². The lowest BCUT2D eigenvalue weighted by Gasteiger charge is -2.27. The molecule has 0 radical (unpaired) electrons. The zero-order chi connectivity index (χ0) is 17.7. The summed E-state index contributed by atoms with van der Waals surface area (Å²) in [4.78, 5) is 11.2. The molecule has 0 saturated carbocycles.